The first-order valence-electron chi connectivity index (χ1n) is 49.5. The lowest BCUT2D eigenvalue weighted by Gasteiger charge is -2.12. The van der Waals surface area contributed by atoms with E-state index in [4.69, 9.17) is 59.8 Å². The minimum Gasteiger partial charge on any atom is -0.309 e. The molecule has 0 fully saturated rings. The molecule has 16 heteroatoms. The molecule has 0 aliphatic rings. The van der Waals surface area contributed by atoms with Crippen molar-refractivity contribution >= 4 is 87.2 Å². The molecular formula is C132H82N16. The lowest BCUT2D eigenvalue weighted by molar-refractivity contribution is 1.07. The van der Waals surface area contributed by atoms with Crippen molar-refractivity contribution < 1.29 is 0 Å². The SMILES string of the molecule is c1ccc(-c2nc(-c3ccccc3)nc(-c3ccc(-n4c5ccccc5c5cc(-c6ccc7c(c6)c6ccccc6n7-c6ccc(-c7nc(-c8ccccc8)nc(-c8ccc(-c9cccc(-c%10nc(-c%11ccccc%11)nc(-c%11cccc(-n%12c%13ccccc%13c%13cc(-c%14ccc%15c(c%14)c%14ccccc%14n%15-c%14cccc(-c%15nc(-c%16ccccc%16)nc(-c%16ccccc%16)n%15)c%14)ccc%13%12)c%11)n%10)c9)cc8)n7)cc6)ccc54)cc3)n2)cc1. The van der Waals surface area contributed by atoms with Gasteiger partial charge >= 0.3 is 0 Å². The van der Waals surface area contributed by atoms with Crippen LogP contribution in [-0.4, -0.2) is 78.1 Å². The minimum atomic E-state index is 0.548. The van der Waals surface area contributed by atoms with E-state index in [2.05, 4.69) is 334 Å². The van der Waals surface area contributed by atoms with Gasteiger partial charge in [-0.1, -0.05) is 346 Å². The number of rotatable bonds is 19. The largest absolute Gasteiger partial charge is 0.309 e. The standard InChI is InChI=1S/C132H82N16/c1-7-30-84(31-8-1)121-133-122(85-32-9-2-10-33-85)137-128(136-121)91-60-68-101(69-61-91)145-113-52-23-19-48-105(113)109-79-94(64-72-117(109)145)95-65-73-118-110(80-95)106-49-20-24-53-114(106)146(118)102-70-62-92(63-71-102)129-138-123(86-34-11-3-12-35-86)135-127(139-129)90-58-56-83(57-59-90)93-42-27-43-98(76-93)130-140-126(89-40-17-6-18-41-89)143-132(144-130)100-45-29-47-104(78-100)148-116-55-26-22-51-108(116)112-82-97(67-75-120(112)148)96-66-74-119-111(81-96)107-50-21-25-54-115(107)147(119)103-46-28-44-99(77-103)131-141-124(87-36-13-4-14-37-87)134-125(142-131)88-38-15-5-16-39-88/h1-82H. The van der Waals surface area contributed by atoms with Crippen LogP contribution in [0.2, 0.25) is 0 Å². The summed E-state index contributed by atoms with van der Waals surface area (Å²) in [5.41, 5.74) is 29.9. The van der Waals surface area contributed by atoms with Gasteiger partial charge in [-0.3, -0.25) is 0 Å². The molecule has 0 unspecified atom stereocenters. The highest BCUT2D eigenvalue weighted by atomic mass is 15.1. The van der Waals surface area contributed by atoms with Gasteiger partial charge in [-0.2, -0.15) is 0 Å². The van der Waals surface area contributed by atoms with E-state index >= 15 is 0 Å². The molecule has 0 aliphatic carbocycles. The van der Waals surface area contributed by atoms with E-state index in [-0.39, 0.29) is 0 Å². The molecule has 0 atom stereocenters. The zero-order chi connectivity index (χ0) is 97.6. The Morgan fingerprint density at radius 3 is 0.527 bits per heavy atom. The van der Waals surface area contributed by atoms with Gasteiger partial charge < -0.3 is 18.3 Å². The normalized spacial score (nSPS) is 11.6. The summed E-state index contributed by atoms with van der Waals surface area (Å²) in [6.07, 6.45) is 0. The molecule has 0 bridgehead atoms. The smallest absolute Gasteiger partial charge is 0.164 e. The van der Waals surface area contributed by atoms with E-state index in [0.717, 1.165) is 199 Å². The molecule has 0 radical (unpaired) electrons. The fraction of sp³-hybridized carbons (Fsp3) is 0. The second-order valence-corrected chi connectivity index (χ2v) is 37.1. The summed E-state index contributed by atoms with van der Waals surface area (Å²) >= 11 is 0. The molecule has 0 N–H and O–H groups in total. The van der Waals surface area contributed by atoms with Crippen LogP contribution in [0.25, 0.3) is 280 Å². The number of fused-ring (bicyclic) bond motifs is 12. The van der Waals surface area contributed by atoms with E-state index in [0.29, 0.717) is 69.9 Å². The quantitative estimate of drug-likeness (QED) is 0.0750. The summed E-state index contributed by atoms with van der Waals surface area (Å²) in [6, 6.07) is 174. The Kier molecular flexibility index (Phi) is 20.8. The molecule has 20 aromatic carbocycles. The molecule has 690 valence electrons. The van der Waals surface area contributed by atoms with Crippen molar-refractivity contribution in [3.05, 3.63) is 497 Å². The average molecular weight is 1890 g/mol. The van der Waals surface area contributed by atoms with Crippen molar-refractivity contribution in [2.75, 3.05) is 0 Å². The molecule has 0 spiro atoms. The first-order valence-corrected chi connectivity index (χ1v) is 49.5. The first kappa shape index (κ1) is 85.6. The number of hydrogen-bond donors (Lipinski definition) is 0. The molecule has 8 aromatic heterocycles. The van der Waals surface area contributed by atoms with Crippen LogP contribution in [-0.2, 0) is 0 Å². The topological polar surface area (TPSA) is 174 Å². The number of benzene rings is 20. The zero-order valence-corrected chi connectivity index (χ0v) is 79.5. The minimum absolute atomic E-state index is 0.548. The van der Waals surface area contributed by atoms with E-state index in [1.165, 1.54) is 10.8 Å². The third kappa shape index (κ3) is 15.4. The maximum Gasteiger partial charge on any atom is 0.164 e. The van der Waals surface area contributed by atoms with Gasteiger partial charge in [-0.25, -0.2) is 59.8 Å². The van der Waals surface area contributed by atoms with E-state index in [1.54, 1.807) is 0 Å². The third-order valence-corrected chi connectivity index (χ3v) is 28.2. The number of para-hydroxylation sites is 4. The van der Waals surface area contributed by atoms with Gasteiger partial charge in [-0.15, -0.1) is 0 Å². The van der Waals surface area contributed by atoms with Crippen molar-refractivity contribution in [1.82, 2.24) is 78.1 Å². The Hall–Kier alpha value is -20.4. The maximum absolute atomic E-state index is 5.37. The molecule has 16 nitrogen and oxygen atoms in total. The second kappa shape index (κ2) is 36.0. The molecule has 28 aromatic rings. The van der Waals surface area contributed by atoms with Crippen molar-refractivity contribution in [2.45, 2.75) is 0 Å². The summed E-state index contributed by atoms with van der Waals surface area (Å²) in [5, 5.41) is 9.24. The highest BCUT2D eigenvalue weighted by Gasteiger charge is 2.26. The van der Waals surface area contributed by atoms with Crippen LogP contribution < -0.4 is 0 Å². The second-order valence-electron chi connectivity index (χ2n) is 37.1. The van der Waals surface area contributed by atoms with E-state index < -0.39 is 0 Å². The molecule has 0 saturated carbocycles. The highest BCUT2D eigenvalue weighted by Crippen LogP contribution is 2.45. The number of aromatic nitrogens is 16. The lowest BCUT2D eigenvalue weighted by atomic mass is 10.0. The third-order valence-electron chi connectivity index (χ3n) is 28.2. The molecule has 28 rings (SSSR count). The van der Waals surface area contributed by atoms with Gasteiger partial charge in [0.05, 0.1) is 44.1 Å². The van der Waals surface area contributed by atoms with Gasteiger partial charge in [0, 0.05) is 133 Å². The van der Waals surface area contributed by atoms with Gasteiger partial charge in [0.15, 0.2) is 69.9 Å². The zero-order valence-electron chi connectivity index (χ0n) is 79.5. The van der Waals surface area contributed by atoms with Crippen LogP contribution in [0.1, 0.15) is 0 Å². The van der Waals surface area contributed by atoms with Crippen LogP contribution in [0.4, 0.5) is 0 Å². The lowest BCUT2D eigenvalue weighted by Crippen LogP contribution is -2.01. The number of hydrogen-bond acceptors (Lipinski definition) is 12. The summed E-state index contributed by atoms with van der Waals surface area (Å²) in [4.78, 5) is 61.8. The first-order chi connectivity index (χ1) is 73.3. The average Bonchev–Trinajstić information content (AvgIpc) is 1.53. The van der Waals surface area contributed by atoms with Crippen molar-refractivity contribution in [3.8, 4) is 193 Å². The molecule has 148 heavy (non-hydrogen) atoms. The van der Waals surface area contributed by atoms with Gasteiger partial charge in [0.2, 0.25) is 0 Å². The van der Waals surface area contributed by atoms with Crippen molar-refractivity contribution in [1.29, 1.82) is 0 Å². The Labute approximate surface area is 849 Å². The monoisotopic (exact) mass is 1890 g/mol. The van der Waals surface area contributed by atoms with E-state index in [1.807, 2.05) is 182 Å². The van der Waals surface area contributed by atoms with Gasteiger partial charge in [0.25, 0.3) is 0 Å². The van der Waals surface area contributed by atoms with Crippen LogP contribution in [0.5, 0.6) is 0 Å². The number of nitrogens with zero attached hydrogens (tertiary/aromatic N) is 16. The Bertz CT molecular complexity index is 9960. The summed E-state index contributed by atoms with van der Waals surface area (Å²) in [5.74, 6) is 7.06. The van der Waals surface area contributed by atoms with Crippen LogP contribution >= 0.6 is 0 Å². The van der Waals surface area contributed by atoms with Gasteiger partial charge in [-0.05, 0) is 185 Å². The van der Waals surface area contributed by atoms with E-state index in [9.17, 15) is 0 Å². The molecule has 0 saturated heterocycles. The summed E-state index contributed by atoms with van der Waals surface area (Å²) < 4.78 is 9.42. The van der Waals surface area contributed by atoms with Crippen molar-refractivity contribution in [3.63, 3.8) is 0 Å². The molecule has 0 amide bonds. The predicted molar refractivity (Wildman–Crippen MR) is 599 cm³/mol. The fourth-order valence-corrected chi connectivity index (χ4v) is 21.0. The molecule has 0 aliphatic heterocycles. The Morgan fingerprint density at radius 2 is 0.264 bits per heavy atom. The fourth-order valence-electron chi connectivity index (χ4n) is 21.0. The summed E-state index contributed by atoms with van der Waals surface area (Å²) in [7, 11) is 0. The van der Waals surface area contributed by atoms with Crippen LogP contribution in [0.15, 0.2) is 497 Å². The van der Waals surface area contributed by atoms with Gasteiger partial charge in [0.1, 0.15) is 0 Å². The highest BCUT2D eigenvalue weighted by molar-refractivity contribution is 6.15. The maximum atomic E-state index is 5.37. The Balaban J connectivity index is 0.457. The predicted octanol–water partition coefficient (Wildman–Crippen LogP) is 31.8. The van der Waals surface area contributed by atoms with Crippen molar-refractivity contribution in [2.24, 2.45) is 0 Å². The summed E-state index contributed by atoms with van der Waals surface area (Å²) in [6.45, 7) is 0. The van der Waals surface area contributed by atoms with Crippen LogP contribution in [0, 0.1) is 0 Å². The Morgan fingerprint density at radius 1 is 0.0946 bits per heavy atom. The van der Waals surface area contributed by atoms with Crippen LogP contribution in [0.3, 0.4) is 0 Å². The molecular weight excluding hydrogens is 1810 g/mol. The molecule has 8 heterocycles.